The van der Waals surface area contributed by atoms with E-state index < -0.39 is 0 Å². The Bertz CT molecular complexity index is 474. The number of ether oxygens (including phenoxy) is 1. The highest BCUT2D eigenvalue weighted by Crippen LogP contribution is 2.14. The zero-order valence-corrected chi connectivity index (χ0v) is 25.8. The van der Waals surface area contributed by atoms with Crippen molar-refractivity contribution in [2.24, 2.45) is 0 Å². The maximum absolute atomic E-state index is 11.9. The van der Waals surface area contributed by atoms with E-state index in [2.05, 4.69) is 19.1 Å². The Kier molecular flexibility index (Phi) is 33.5. The SMILES string of the molecule is CCCCCCCC/C=C\CCCCCCCC(=O)OCCCCCCCCCCCCCCCCCO. The molecule has 0 aliphatic rings. The molecule has 0 atom stereocenters. The van der Waals surface area contributed by atoms with Crippen LogP contribution in [0.25, 0.3) is 0 Å². The molecule has 0 unspecified atom stereocenters. The van der Waals surface area contributed by atoms with Crippen molar-refractivity contribution in [1.29, 1.82) is 0 Å². The number of esters is 1. The summed E-state index contributed by atoms with van der Waals surface area (Å²) in [5.41, 5.74) is 0. The van der Waals surface area contributed by atoms with Gasteiger partial charge >= 0.3 is 5.97 Å². The molecule has 0 saturated carbocycles. The molecule has 0 aromatic carbocycles. The first-order valence-corrected chi connectivity index (χ1v) is 17.2. The summed E-state index contributed by atoms with van der Waals surface area (Å²) in [7, 11) is 0. The Morgan fingerprint density at radius 1 is 0.500 bits per heavy atom. The molecule has 1 N–H and O–H groups in total. The van der Waals surface area contributed by atoms with Crippen LogP contribution in [0.1, 0.15) is 193 Å². The number of carbonyl (C=O) groups is 1. The van der Waals surface area contributed by atoms with E-state index in [0.29, 0.717) is 19.6 Å². The third-order valence-electron chi connectivity index (χ3n) is 7.71. The molecule has 0 heterocycles. The lowest BCUT2D eigenvalue weighted by atomic mass is 10.0. The molecule has 0 radical (unpaired) electrons. The summed E-state index contributed by atoms with van der Waals surface area (Å²) in [5, 5.41) is 8.77. The molecule has 0 amide bonds. The monoisotopic (exact) mass is 537 g/mol. The molecule has 0 rings (SSSR count). The van der Waals surface area contributed by atoms with Crippen LogP contribution in [0.2, 0.25) is 0 Å². The standard InChI is InChI=1S/C35H68O3/c1-2-3-4-5-6-7-8-9-11-14-17-20-23-26-29-32-35(37)38-34-31-28-25-22-19-16-13-10-12-15-18-21-24-27-30-33-36/h9,11,36H,2-8,10,12-34H2,1H3/b11-9-. The summed E-state index contributed by atoms with van der Waals surface area (Å²) >= 11 is 0. The summed E-state index contributed by atoms with van der Waals surface area (Å²) in [6.45, 7) is 3.24. The number of rotatable bonds is 32. The first-order chi connectivity index (χ1) is 18.8. The van der Waals surface area contributed by atoms with Gasteiger partial charge in [0.25, 0.3) is 0 Å². The van der Waals surface area contributed by atoms with Gasteiger partial charge in [0.1, 0.15) is 0 Å². The first kappa shape index (κ1) is 37.2. The number of carbonyl (C=O) groups excluding carboxylic acids is 1. The molecule has 0 aliphatic carbocycles. The van der Waals surface area contributed by atoms with E-state index in [1.165, 1.54) is 154 Å². The summed E-state index contributed by atoms with van der Waals surface area (Å²) in [5.74, 6) is 0.00721. The molecule has 0 fully saturated rings. The second-order valence-corrected chi connectivity index (χ2v) is 11.6. The zero-order chi connectivity index (χ0) is 27.6. The molecular formula is C35H68O3. The van der Waals surface area contributed by atoms with Crippen molar-refractivity contribution in [2.75, 3.05) is 13.2 Å². The van der Waals surface area contributed by atoms with Gasteiger partial charge in [-0.1, -0.05) is 154 Å². The second kappa shape index (κ2) is 34.2. The Morgan fingerprint density at radius 3 is 1.32 bits per heavy atom. The number of hydrogen-bond acceptors (Lipinski definition) is 3. The summed E-state index contributed by atoms with van der Waals surface area (Å²) in [6.07, 6.45) is 41.3. The highest BCUT2D eigenvalue weighted by atomic mass is 16.5. The molecule has 3 nitrogen and oxygen atoms in total. The number of hydrogen-bond donors (Lipinski definition) is 1. The zero-order valence-electron chi connectivity index (χ0n) is 25.8. The van der Waals surface area contributed by atoms with Crippen LogP contribution in [-0.2, 0) is 9.53 Å². The Hall–Kier alpha value is -0.830. The average molecular weight is 537 g/mol. The largest absolute Gasteiger partial charge is 0.466 e. The van der Waals surface area contributed by atoms with Gasteiger partial charge < -0.3 is 9.84 Å². The number of aliphatic hydroxyl groups excluding tert-OH is 1. The normalized spacial score (nSPS) is 11.5. The third-order valence-corrected chi connectivity index (χ3v) is 7.71. The molecule has 0 saturated heterocycles. The summed E-state index contributed by atoms with van der Waals surface area (Å²) in [6, 6.07) is 0. The molecule has 0 aromatic heterocycles. The molecular weight excluding hydrogens is 468 g/mol. The van der Waals surface area contributed by atoms with E-state index in [-0.39, 0.29) is 5.97 Å². The fourth-order valence-corrected chi connectivity index (χ4v) is 5.11. The van der Waals surface area contributed by atoms with Crippen LogP contribution in [-0.4, -0.2) is 24.3 Å². The fraction of sp³-hybridized carbons (Fsp3) is 0.914. The minimum Gasteiger partial charge on any atom is -0.466 e. The van der Waals surface area contributed by atoms with Gasteiger partial charge in [0.05, 0.1) is 6.61 Å². The molecule has 0 aliphatic heterocycles. The minimum absolute atomic E-state index is 0.00721. The first-order valence-electron chi connectivity index (χ1n) is 17.2. The van der Waals surface area contributed by atoms with E-state index in [0.717, 1.165) is 25.7 Å². The van der Waals surface area contributed by atoms with Crippen molar-refractivity contribution in [3.05, 3.63) is 12.2 Å². The van der Waals surface area contributed by atoms with E-state index >= 15 is 0 Å². The Morgan fingerprint density at radius 2 is 0.868 bits per heavy atom. The van der Waals surface area contributed by atoms with Crippen LogP contribution >= 0.6 is 0 Å². The van der Waals surface area contributed by atoms with Crippen molar-refractivity contribution >= 4 is 5.97 Å². The van der Waals surface area contributed by atoms with Crippen LogP contribution in [0.15, 0.2) is 12.2 Å². The average Bonchev–Trinajstić information content (AvgIpc) is 2.92. The molecule has 38 heavy (non-hydrogen) atoms. The van der Waals surface area contributed by atoms with Crippen LogP contribution in [0.3, 0.4) is 0 Å². The quantitative estimate of drug-likeness (QED) is 0.0528. The van der Waals surface area contributed by atoms with Gasteiger partial charge in [0.15, 0.2) is 0 Å². The fourth-order valence-electron chi connectivity index (χ4n) is 5.11. The van der Waals surface area contributed by atoms with Gasteiger partial charge in [0, 0.05) is 13.0 Å². The lowest BCUT2D eigenvalue weighted by Gasteiger charge is -2.05. The van der Waals surface area contributed by atoms with Crippen LogP contribution in [0, 0.1) is 0 Å². The van der Waals surface area contributed by atoms with Gasteiger partial charge in [-0.2, -0.15) is 0 Å². The molecule has 0 aromatic rings. The lowest BCUT2D eigenvalue weighted by molar-refractivity contribution is -0.143. The number of allylic oxidation sites excluding steroid dienone is 2. The third kappa shape index (κ3) is 33.2. The van der Waals surface area contributed by atoms with Gasteiger partial charge in [0.2, 0.25) is 0 Å². The summed E-state index contributed by atoms with van der Waals surface area (Å²) < 4.78 is 5.42. The Balaban J connectivity index is 3.18. The Labute approximate surface area is 239 Å². The van der Waals surface area contributed by atoms with Gasteiger partial charge in [-0.3, -0.25) is 4.79 Å². The maximum Gasteiger partial charge on any atom is 0.305 e. The summed E-state index contributed by atoms with van der Waals surface area (Å²) in [4.78, 5) is 11.9. The molecule has 0 bridgehead atoms. The van der Waals surface area contributed by atoms with Crippen LogP contribution in [0.5, 0.6) is 0 Å². The number of unbranched alkanes of at least 4 members (excludes halogenated alkanes) is 25. The van der Waals surface area contributed by atoms with Crippen LogP contribution < -0.4 is 0 Å². The van der Waals surface area contributed by atoms with Crippen molar-refractivity contribution in [3.8, 4) is 0 Å². The van der Waals surface area contributed by atoms with Crippen LogP contribution in [0.4, 0.5) is 0 Å². The predicted octanol–water partition coefficient (Wildman–Crippen LogP) is 11.4. The highest BCUT2D eigenvalue weighted by Gasteiger charge is 2.02. The van der Waals surface area contributed by atoms with Gasteiger partial charge in [-0.25, -0.2) is 0 Å². The topological polar surface area (TPSA) is 46.5 Å². The molecule has 226 valence electrons. The van der Waals surface area contributed by atoms with Crippen molar-refractivity contribution < 1.29 is 14.6 Å². The van der Waals surface area contributed by atoms with Gasteiger partial charge in [-0.15, -0.1) is 0 Å². The molecule has 3 heteroatoms. The van der Waals surface area contributed by atoms with E-state index in [4.69, 9.17) is 9.84 Å². The van der Waals surface area contributed by atoms with E-state index in [1.807, 2.05) is 0 Å². The lowest BCUT2D eigenvalue weighted by Crippen LogP contribution is -2.05. The maximum atomic E-state index is 11.9. The number of aliphatic hydroxyl groups is 1. The van der Waals surface area contributed by atoms with Crippen molar-refractivity contribution in [1.82, 2.24) is 0 Å². The van der Waals surface area contributed by atoms with E-state index in [1.54, 1.807) is 0 Å². The minimum atomic E-state index is 0.00721. The smallest absolute Gasteiger partial charge is 0.305 e. The van der Waals surface area contributed by atoms with Crippen molar-refractivity contribution in [2.45, 2.75) is 193 Å². The van der Waals surface area contributed by atoms with Gasteiger partial charge in [-0.05, 0) is 44.9 Å². The second-order valence-electron chi connectivity index (χ2n) is 11.6. The predicted molar refractivity (Wildman–Crippen MR) is 167 cm³/mol. The van der Waals surface area contributed by atoms with E-state index in [9.17, 15) is 4.79 Å². The molecule has 0 spiro atoms. The highest BCUT2D eigenvalue weighted by molar-refractivity contribution is 5.69. The van der Waals surface area contributed by atoms with Crippen molar-refractivity contribution in [3.63, 3.8) is 0 Å².